The Hall–Kier alpha value is -7.88. The van der Waals surface area contributed by atoms with Crippen molar-refractivity contribution in [3.05, 3.63) is 161 Å². The lowest BCUT2D eigenvalue weighted by molar-refractivity contribution is 0.234. The van der Waals surface area contributed by atoms with Gasteiger partial charge < -0.3 is 20.1 Å². The second-order valence-corrected chi connectivity index (χ2v) is 15.2. The van der Waals surface area contributed by atoms with Crippen LogP contribution in [0.1, 0.15) is 47.2 Å². The summed E-state index contributed by atoms with van der Waals surface area (Å²) >= 11 is 0. The van der Waals surface area contributed by atoms with Crippen molar-refractivity contribution in [3.63, 3.8) is 0 Å². The molecule has 0 saturated heterocycles. The van der Waals surface area contributed by atoms with E-state index in [2.05, 4.69) is 129 Å². The number of aromatic nitrogens is 4. The quantitative estimate of drug-likeness (QED) is 0.0416. The average Bonchev–Trinajstić information content (AvgIpc) is 3.33. The Bertz CT molecular complexity index is 3030. The molecule has 0 bridgehead atoms. The van der Waals surface area contributed by atoms with E-state index in [4.69, 9.17) is 14.5 Å². The molecule has 12 heteroatoms. The summed E-state index contributed by atoms with van der Waals surface area (Å²) in [7, 11) is 0. The number of aliphatic imine (C=N–C) groups is 1. The van der Waals surface area contributed by atoms with Crippen LogP contribution in [-0.4, -0.2) is 57.3 Å². The number of hydrogen-bond donors (Lipinski definition) is 4. The number of nitriles is 1. The molecule has 2 aromatic heterocycles. The van der Waals surface area contributed by atoms with Crippen molar-refractivity contribution in [1.29, 1.82) is 5.26 Å². The highest BCUT2D eigenvalue weighted by molar-refractivity contribution is 6.04. The van der Waals surface area contributed by atoms with E-state index in [0.29, 0.717) is 65.3 Å². The largest absolute Gasteiger partial charge is 0.493 e. The number of fused-ring (bicyclic) bond motifs is 2. The summed E-state index contributed by atoms with van der Waals surface area (Å²) in [4.78, 5) is 23.1. The molecule has 320 valence electrons. The Balaban J connectivity index is 1.06. The smallest absolute Gasteiger partial charge is 0.163 e. The standard InChI is InChI=1S/C52H49N9O3/c1-5-63-47-27-39(45-28-48(58-31-56-45)54-25-23-35-15-17-37-11-7-9-13-41(37)33(35)3)19-22-44(47)52(61-62)60-50-43(21-20-40(30-53)51(50)64-6-2)46-29-49(59-32-57-46)55-26-24-36-16-18-38-12-8-10-14-42(38)34(36)4/h7-22,27-29,31-32,62H,5-6,23-26H2,1-4H3,(H,60,61)(H,54,56,58)(H,55,57,59). The number of hydroxylamine groups is 1. The lowest BCUT2D eigenvalue weighted by atomic mass is 9.98. The van der Waals surface area contributed by atoms with Gasteiger partial charge >= 0.3 is 0 Å². The van der Waals surface area contributed by atoms with Crippen molar-refractivity contribution in [2.75, 3.05) is 36.9 Å². The zero-order chi connectivity index (χ0) is 44.4. The first kappa shape index (κ1) is 42.8. The number of nitrogens with zero attached hydrogens (tertiary/aromatic N) is 6. The Kier molecular flexibility index (Phi) is 13.3. The summed E-state index contributed by atoms with van der Waals surface area (Å²) in [5.41, 5.74) is 11.0. The van der Waals surface area contributed by atoms with Crippen LogP contribution in [0.3, 0.4) is 0 Å². The number of benzene rings is 6. The summed E-state index contributed by atoms with van der Waals surface area (Å²) in [6.07, 6.45) is 4.66. The minimum Gasteiger partial charge on any atom is -0.493 e. The van der Waals surface area contributed by atoms with Gasteiger partial charge in [0.2, 0.25) is 0 Å². The first-order valence-corrected chi connectivity index (χ1v) is 21.4. The predicted octanol–water partition coefficient (Wildman–Crippen LogP) is 10.6. The zero-order valence-electron chi connectivity index (χ0n) is 36.3. The van der Waals surface area contributed by atoms with Gasteiger partial charge in [0.1, 0.15) is 41.8 Å². The molecule has 8 rings (SSSR count). The molecule has 0 atom stereocenters. The van der Waals surface area contributed by atoms with Crippen LogP contribution < -0.4 is 25.6 Å². The molecule has 0 amide bonds. The Morgan fingerprint density at radius 1 is 0.672 bits per heavy atom. The molecule has 6 aromatic carbocycles. The summed E-state index contributed by atoms with van der Waals surface area (Å²) in [6.45, 7) is 10.00. The van der Waals surface area contributed by atoms with Crippen molar-refractivity contribution < 1.29 is 14.7 Å². The molecule has 12 nitrogen and oxygen atoms in total. The number of amidine groups is 1. The summed E-state index contributed by atoms with van der Waals surface area (Å²) in [6, 6.07) is 40.5. The van der Waals surface area contributed by atoms with Gasteiger partial charge in [-0.15, -0.1) is 0 Å². The normalized spacial score (nSPS) is 11.3. The van der Waals surface area contributed by atoms with E-state index in [1.807, 2.05) is 38.1 Å². The molecule has 0 aliphatic heterocycles. The van der Waals surface area contributed by atoms with E-state index in [-0.39, 0.29) is 23.8 Å². The van der Waals surface area contributed by atoms with Crippen LogP contribution >= 0.6 is 0 Å². The highest BCUT2D eigenvalue weighted by atomic mass is 16.5. The molecule has 0 aliphatic rings. The maximum atomic E-state index is 10.7. The van der Waals surface area contributed by atoms with E-state index in [9.17, 15) is 10.5 Å². The van der Waals surface area contributed by atoms with Crippen LogP contribution in [0.15, 0.2) is 133 Å². The fourth-order valence-electron chi connectivity index (χ4n) is 8.03. The molecule has 0 radical (unpaired) electrons. The SMILES string of the molecule is CCOc1cc(-c2cc(NCCc3ccc4ccccc4c3C)ncn2)ccc1C(=Nc1c(-c2cc(NCCc3ccc4ccccc4c3C)ncn2)ccc(C#N)c1OCC)NO. The van der Waals surface area contributed by atoms with Crippen LogP contribution in [0.25, 0.3) is 44.1 Å². The highest BCUT2D eigenvalue weighted by Crippen LogP contribution is 2.41. The second-order valence-electron chi connectivity index (χ2n) is 15.2. The van der Waals surface area contributed by atoms with Crippen molar-refractivity contribution in [1.82, 2.24) is 25.4 Å². The van der Waals surface area contributed by atoms with Crippen molar-refractivity contribution in [3.8, 4) is 40.1 Å². The van der Waals surface area contributed by atoms with Crippen LogP contribution in [0.4, 0.5) is 17.3 Å². The third-order valence-corrected chi connectivity index (χ3v) is 11.3. The second kappa shape index (κ2) is 19.9. The fraction of sp³-hybridized carbons (Fsp3) is 0.192. The number of hydrogen-bond acceptors (Lipinski definition) is 11. The van der Waals surface area contributed by atoms with E-state index in [1.165, 1.54) is 56.5 Å². The van der Waals surface area contributed by atoms with Gasteiger partial charge in [0, 0.05) is 36.3 Å². The Morgan fingerprint density at radius 2 is 1.27 bits per heavy atom. The molecule has 8 aromatic rings. The minimum absolute atomic E-state index is 0.0690. The van der Waals surface area contributed by atoms with Crippen molar-refractivity contribution in [2.45, 2.75) is 40.5 Å². The number of ether oxygens (including phenoxy) is 2. The van der Waals surface area contributed by atoms with Crippen LogP contribution in [-0.2, 0) is 12.8 Å². The fourth-order valence-corrected chi connectivity index (χ4v) is 8.03. The van der Waals surface area contributed by atoms with Crippen LogP contribution in [0.2, 0.25) is 0 Å². The summed E-state index contributed by atoms with van der Waals surface area (Å²) in [5, 5.41) is 32.7. The van der Waals surface area contributed by atoms with Crippen LogP contribution in [0.5, 0.6) is 11.5 Å². The summed E-state index contributed by atoms with van der Waals surface area (Å²) in [5.74, 6) is 2.09. The number of aryl methyl sites for hydroxylation is 2. The number of anilines is 2. The van der Waals surface area contributed by atoms with Gasteiger partial charge in [0.15, 0.2) is 11.6 Å². The molecular weight excluding hydrogens is 799 g/mol. The van der Waals surface area contributed by atoms with E-state index >= 15 is 0 Å². The topological polar surface area (TPSA) is 162 Å². The minimum atomic E-state index is 0.0690. The van der Waals surface area contributed by atoms with Gasteiger partial charge in [-0.2, -0.15) is 5.26 Å². The van der Waals surface area contributed by atoms with Gasteiger partial charge in [-0.05, 0) is 109 Å². The van der Waals surface area contributed by atoms with Gasteiger partial charge in [-0.1, -0.05) is 78.9 Å². The maximum absolute atomic E-state index is 10.7. The average molecular weight is 848 g/mol. The van der Waals surface area contributed by atoms with E-state index < -0.39 is 0 Å². The highest BCUT2D eigenvalue weighted by Gasteiger charge is 2.21. The Morgan fingerprint density at radius 3 is 1.86 bits per heavy atom. The van der Waals surface area contributed by atoms with Crippen molar-refractivity contribution in [2.24, 2.45) is 4.99 Å². The maximum Gasteiger partial charge on any atom is 0.163 e. The molecule has 0 spiro atoms. The Labute approximate surface area is 372 Å². The first-order chi connectivity index (χ1) is 31.4. The van der Waals surface area contributed by atoms with Gasteiger partial charge in [-0.25, -0.2) is 24.9 Å². The lowest BCUT2D eigenvalue weighted by Crippen LogP contribution is -2.21. The van der Waals surface area contributed by atoms with Gasteiger partial charge in [0.25, 0.3) is 0 Å². The van der Waals surface area contributed by atoms with E-state index in [0.717, 1.165) is 18.4 Å². The molecular formula is C52H49N9O3. The molecule has 0 saturated carbocycles. The predicted molar refractivity (Wildman–Crippen MR) is 255 cm³/mol. The first-order valence-electron chi connectivity index (χ1n) is 21.4. The number of nitrogens with one attached hydrogen (secondary N) is 3. The molecule has 2 heterocycles. The zero-order valence-corrected chi connectivity index (χ0v) is 36.3. The van der Waals surface area contributed by atoms with E-state index in [1.54, 1.807) is 18.2 Å². The lowest BCUT2D eigenvalue weighted by Gasteiger charge is -2.17. The molecule has 0 fully saturated rings. The molecule has 4 N–H and O–H groups in total. The monoisotopic (exact) mass is 847 g/mol. The van der Waals surface area contributed by atoms with Gasteiger partial charge in [-0.3, -0.25) is 10.7 Å². The van der Waals surface area contributed by atoms with Gasteiger partial charge in [0.05, 0.1) is 35.7 Å². The third-order valence-electron chi connectivity index (χ3n) is 11.3. The van der Waals surface area contributed by atoms with Crippen LogP contribution in [0, 0.1) is 25.2 Å². The molecule has 64 heavy (non-hydrogen) atoms. The van der Waals surface area contributed by atoms with Crippen molar-refractivity contribution >= 4 is 44.7 Å². The molecule has 0 unspecified atom stereocenters. The summed E-state index contributed by atoms with van der Waals surface area (Å²) < 4.78 is 12.2. The number of rotatable bonds is 16. The molecule has 0 aliphatic carbocycles. The third kappa shape index (κ3) is 9.30.